The second-order valence-electron chi connectivity index (χ2n) is 8.23. The van der Waals surface area contributed by atoms with Gasteiger partial charge in [-0.25, -0.2) is 0 Å². The summed E-state index contributed by atoms with van der Waals surface area (Å²) in [5.41, 5.74) is 1.42. The van der Waals surface area contributed by atoms with Gasteiger partial charge < -0.3 is 9.47 Å². The molecule has 0 N–H and O–H groups in total. The van der Waals surface area contributed by atoms with Gasteiger partial charge in [-0.15, -0.1) is 0 Å². The molecule has 28 heavy (non-hydrogen) atoms. The van der Waals surface area contributed by atoms with Gasteiger partial charge in [-0.1, -0.05) is 76.8 Å². The molecule has 0 aliphatic carbocycles. The molecular weight excluding hydrogens is 346 g/mol. The van der Waals surface area contributed by atoms with Crippen LogP contribution in [-0.2, 0) is 11.2 Å². The van der Waals surface area contributed by atoms with Gasteiger partial charge in [0, 0.05) is 13.1 Å². The van der Waals surface area contributed by atoms with Crippen molar-refractivity contribution in [2.45, 2.75) is 84.0 Å². The molecule has 3 nitrogen and oxygen atoms in total. The van der Waals surface area contributed by atoms with Crippen LogP contribution in [0.3, 0.4) is 0 Å². The van der Waals surface area contributed by atoms with Crippen LogP contribution in [0.5, 0.6) is 5.75 Å². The van der Waals surface area contributed by atoms with Crippen LogP contribution in [0.4, 0.5) is 0 Å². The third kappa shape index (κ3) is 11.1. The van der Waals surface area contributed by atoms with Crippen molar-refractivity contribution in [1.82, 2.24) is 4.90 Å². The van der Waals surface area contributed by atoms with Crippen molar-refractivity contribution in [3.8, 4) is 5.75 Å². The number of unbranched alkanes of at least 4 members (excludes halogenated alkanes) is 9. The molecule has 1 aromatic carbocycles. The van der Waals surface area contributed by atoms with Gasteiger partial charge in [-0.05, 0) is 43.5 Å². The van der Waals surface area contributed by atoms with Crippen molar-refractivity contribution in [2.75, 3.05) is 39.5 Å². The fourth-order valence-electron chi connectivity index (χ4n) is 3.86. The molecule has 0 atom stereocenters. The third-order valence-corrected chi connectivity index (χ3v) is 5.73. The normalized spacial score (nSPS) is 15.0. The van der Waals surface area contributed by atoms with E-state index in [1.165, 1.54) is 82.7 Å². The lowest BCUT2D eigenvalue weighted by atomic mass is 10.1. The first-order valence-corrected chi connectivity index (χ1v) is 11.9. The summed E-state index contributed by atoms with van der Waals surface area (Å²) in [5, 5.41) is 0. The van der Waals surface area contributed by atoms with Crippen molar-refractivity contribution >= 4 is 0 Å². The van der Waals surface area contributed by atoms with Crippen LogP contribution in [-0.4, -0.2) is 44.4 Å². The molecule has 0 spiro atoms. The summed E-state index contributed by atoms with van der Waals surface area (Å²) < 4.78 is 11.3. The van der Waals surface area contributed by atoms with Gasteiger partial charge in [0.05, 0.1) is 19.8 Å². The summed E-state index contributed by atoms with van der Waals surface area (Å²) in [6.45, 7) is 8.28. The predicted octanol–water partition coefficient (Wildman–Crippen LogP) is 6.25. The molecular formula is C25H43NO2. The standard InChI is InChI=1S/C25H43NO2/c1-2-3-4-5-6-7-8-9-10-11-21-28-25-16-14-24(15-17-25)13-12-18-26-19-22-27-23-20-26/h14-17H,2-13,18-23H2,1H3. The lowest BCUT2D eigenvalue weighted by molar-refractivity contribution is 0.0374. The summed E-state index contributed by atoms with van der Waals surface area (Å²) >= 11 is 0. The van der Waals surface area contributed by atoms with E-state index in [2.05, 4.69) is 36.1 Å². The van der Waals surface area contributed by atoms with E-state index in [1.807, 2.05) is 0 Å². The summed E-state index contributed by atoms with van der Waals surface area (Å²) in [7, 11) is 0. The molecule has 0 amide bonds. The largest absolute Gasteiger partial charge is 0.494 e. The zero-order valence-corrected chi connectivity index (χ0v) is 18.3. The van der Waals surface area contributed by atoms with Crippen molar-refractivity contribution in [3.05, 3.63) is 29.8 Å². The molecule has 0 aromatic heterocycles. The van der Waals surface area contributed by atoms with Gasteiger partial charge in [0.2, 0.25) is 0 Å². The van der Waals surface area contributed by atoms with Gasteiger partial charge in [-0.3, -0.25) is 4.90 Å². The van der Waals surface area contributed by atoms with E-state index in [-0.39, 0.29) is 0 Å². The van der Waals surface area contributed by atoms with Gasteiger partial charge in [0.25, 0.3) is 0 Å². The SMILES string of the molecule is CCCCCCCCCCCCOc1ccc(CCCN2CCOCC2)cc1. The number of nitrogens with zero attached hydrogens (tertiary/aromatic N) is 1. The quantitative estimate of drug-likeness (QED) is 0.312. The van der Waals surface area contributed by atoms with Crippen LogP contribution in [0.2, 0.25) is 0 Å². The second kappa shape index (κ2) is 15.8. The highest BCUT2D eigenvalue weighted by atomic mass is 16.5. The Balaban J connectivity index is 1.43. The molecule has 0 bridgehead atoms. The Morgan fingerprint density at radius 1 is 0.786 bits per heavy atom. The lowest BCUT2D eigenvalue weighted by Gasteiger charge is -2.26. The molecule has 1 aliphatic heterocycles. The molecule has 1 saturated heterocycles. The number of benzene rings is 1. The van der Waals surface area contributed by atoms with Gasteiger partial charge in [0.15, 0.2) is 0 Å². The third-order valence-electron chi connectivity index (χ3n) is 5.73. The molecule has 1 fully saturated rings. The number of rotatable bonds is 16. The Bertz CT molecular complexity index is 468. The summed E-state index contributed by atoms with van der Waals surface area (Å²) in [6, 6.07) is 8.74. The highest BCUT2D eigenvalue weighted by Crippen LogP contribution is 2.15. The number of ether oxygens (including phenoxy) is 2. The van der Waals surface area contributed by atoms with Crippen LogP contribution in [0, 0.1) is 0 Å². The number of aryl methyl sites for hydroxylation is 1. The van der Waals surface area contributed by atoms with E-state index in [9.17, 15) is 0 Å². The fourth-order valence-corrected chi connectivity index (χ4v) is 3.86. The highest BCUT2D eigenvalue weighted by Gasteiger charge is 2.09. The van der Waals surface area contributed by atoms with Crippen LogP contribution >= 0.6 is 0 Å². The summed E-state index contributed by atoms with van der Waals surface area (Å²) in [5.74, 6) is 1.02. The van der Waals surface area contributed by atoms with E-state index >= 15 is 0 Å². The minimum atomic E-state index is 0.854. The van der Waals surface area contributed by atoms with Gasteiger partial charge in [-0.2, -0.15) is 0 Å². The molecule has 2 rings (SSSR count). The predicted molar refractivity (Wildman–Crippen MR) is 119 cm³/mol. The topological polar surface area (TPSA) is 21.7 Å². The molecule has 1 heterocycles. The van der Waals surface area contributed by atoms with E-state index < -0.39 is 0 Å². The molecule has 1 aromatic rings. The Kier molecular flexibility index (Phi) is 13.1. The first kappa shape index (κ1) is 23.2. The molecule has 160 valence electrons. The molecule has 0 saturated carbocycles. The Morgan fingerprint density at radius 2 is 1.39 bits per heavy atom. The van der Waals surface area contributed by atoms with Crippen LogP contribution in [0.1, 0.15) is 83.1 Å². The first-order valence-electron chi connectivity index (χ1n) is 11.9. The van der Waals surface area contributed by atoms with Crippen molar-refractivity contribution in [1.29, 1.82) is 0 Å². The van der Waals surface area contributed by atoms with E-state index in [0.717, 1.165) is 45.1 Å². The summed E-state index contributed by atoms with van der Waals surface area (Å²) in [4.78, 5) is 2.51. The number of morpholine rings is 1. The lowest BCUT2D eigenvalue weighted by Crippen LogP contribution is -2.36. The molecule has 0 radical (unpaired) electrons. The Hall–Kier alpha value is -1.06. The molecule has 0 unspecified atom stereocenters. The van der Waals surface area contributed by atoms with Gasteiger partial charge >= 0.3 is 0 Å². The van der Waals surface area contributed by atoms with Crippen LogP contribution in [0.25, 0.3) is 0 Å². The van der Waals surface area contributed by atoms with Gasteiger partial charge in [0.1, 0.15) is 5.75 Å². The zero-order chi connectivity index (χ0) is 19.7. The maximum absolute atomic E-state index is 5.91. The Labute approximate surface area is 173 Å². The average molecular weight is 390 g/mol. The fraction of sp³-hybridized carbons (Fsp3) is 0.760. The monoisotopic (exact) mass is 389 g/mol. The maximum atomic E-state index is 5.91. The smallest absolute Gasteiger partial charge is 0.119 e. The molecule has 1 aliphatic rings. The number of hydrogen-bond donors (Lipinski definition) is 0. The highest BCUT2D eigenvalue weighted by molar-refractivity contribution is 5.27. The minimum Gasteiger partial charge on any atom is -0.494 e. The van der Waals surface area contributed by atoms with Crippen molar-refractivity contribution < 1.29 is 9.47 Å². The molecule has 3 heteroatoms. The van der Waals surface area contributed by atoms with E-state index in [1.54, 1.807) is 0 Å². The summed E-state index contributed by atoms with van der Waals surface area (Å²) in [6.07, 6.45) is 16.1. The maximum Gasteiger partial charge on any atom is 0.119 e. The van der Waals surface area contributed by atoms with Crippen LogP contribution < -0.4 is 4.74 Å². The zero-order valence-electron chi connectivity index (χ0n) is 18.3. The average Bonchev–Trinajstić information content (AvgIpc) is 2.74. The Morgan fingerprint density at radius 3 is 2.04 bits per heavy atom. The van der Waals surface area contributed by atoms with Crippen molar-refractivity contribution in [3.63, 3.8) is 0 Å². The van der Waals surface area contributed by atoms with Crippen LogP contribution in [0.15, 0.2) is 24.3 Å². The van der Waals surface area contributed by atoms with E-state index in [0.29, 0.717) is 0 Å². The van der Waals surface area contributed by atoms with Crippen molar-refractivity contribution in [2.24, 2.45) is 0 Å². The first-order chi connectivity index (χ1) is 13.9. The number of hydrogen-bond acceptors (Lipinski definition) is 3. The van der Waals surface area contributed by atoms with E-state index in [4.69, 9.17) is 9.47 Å². The second-order valence-corrected chi connectivity index (χ2v) is 8.23. The minimum absolute atomic E-state index is 0.854.